The monoisotopic (exact) mass is 401 g/mol. The number of thiophene rings is 1. The zero-order valence-electron chi connectivity index (χ0n) is 14.2. The third-order valence-corrected chi connectivity index (χ3v) is 8.12. The van der Waals surface area contributed by atoms with Gasteiger partial charge in [-0.3, -0.25) is 4.90 Å². The minimum Gasteiger partial charge on any atom is -0.379 e. The van der Waals surface area contributed by atoms with Gasteiger partial charge in [0.25, 0.3) is 0 Å². The van der Waals surface area contributed by atoms with Crippen LogP contribution < -0.4 is 4.72 Å². The van der Waals surface area contributed by atoms with Crippen molar-refractivity contribution in [3.05, 3.63) is 23.2 Å². The summed E-state index contributed by atoms with van der Waals surface area (Å²) in [6, 6.07) is 3.50. The van der Waals surface area contributed by atoms with E-state index in [4.69, 9.17) is 4.74 Å². The fourth-order valence-corrected chi connectivity index (χ4v) is 5.97. The molecule has 3 rings (SSSR count). The number of rotatable bonds is 8. The third-order valence-electron chi connectivity index (χ3n) is 4.02. The molecule has 1 N–H and O–H groups in total. The van der Waals surface area contributed by atoms with E-state index in [2.05, 4.69) is 21.5 Å². The van der Waals surface area contributed by atoms with Crippen LogP contribution >= 0.6 is 22.7 Å². The van der Waals surface area contributed by atoms with Crippen molar-refractivity contribution in [2.75, 3.05) is 39.4 Å². The normalized spacial score (nSPS) is 16.4. The Balaban J connectivity index is 1.53. The molecule has 2 aromatic rings. The summed E-state index contributed by atoms with van der Waals surface area (Å²) in [6.07, 6.45) is 1.68. The smallest absolute Gasteiger partial charge is 0.250 e. The SMILES string of the molecule is CCc1csc(-c2ccc(S(=O)(=O)NCCCN3CCOCC3)s2)n1. The molecule has 0 spiro atoms. The topological polar surface area (TPSA) is 71.5 Å². The number of nitrogens with one attached hydrogen (secondary N) is 1. The van der Waals surface area contributed by atoms with E-state index in [1.165, 1.54) is 11.3 Å². The summed E-state index contributed by atoms with van der Waals surface area (Å²) in [4.78, 5) is 7.72. The summed E-state index contributed by atoms with van der Waals surface area (Å²) in [5.74, 6) is 0. The molecule has 0 aliphatic carbocycles. The number of hydrogen-bond acceptors (Lipinski definition) is 7. The number of thiazole rings is 1. The second-order valence-corrected chi connectivity index (χ2v) is 9.76. The second kappa shape index (κ2) is 8.70. The Morgan fingerprint density at radius 1 is 1.32 bits per heavy atom. The van der Waals surface area contributed by atoms with Gasteiger partial charge in [0.05, 0.1) is 23.8 Å². The van der Waals surface area contributed by atoms with Crippen LogP contribution in [-0.4, -0.2) is 57.7 Å². The van der Waals surface area contributed by atoms with Crippen LogP contribution in [0.2, 0.25) is 0 Å². The lowest BCUT2D eigenvalue weighted by molar-refractivity contribution is 0.0376. The molecule has 0 radical (unpaired) electrons. The van der Waals surface area contributed by atoms with Crippen molar-refractivity contribution in [3.63, 3.8) is 0 Å². The van der Waals surface area contributed by atoms with E-state index in [1.807, 2.05) is 11.4 Å². The summed E-state index contributed by atoms with van der Waals surface area (Å²) < 4.78 is 33.2. The minimum atomic E-state index is -3.45. The molecule has 0 unspecified atom stereocenters. The quantitative estimate of drug-likeness (QED) is 0.688. The lowest BCUT2D eigenvalue weighted by Crippen LogP contribution is -2.38. The van der Waals surface area contributed by atoms with Crippen molar-refractivity contribution in [1.82, 2.24) is 14.6 Å². The molecule has 1 aliphatic rings. The lowest BCUT2D eigenvalue weighted by Gasteiger charge is -2.26. The van der Waals surface area contributed by atoms with Crippen molar-refractivity contribution < 1.29 is 13.2 Å². The van der Waals surface area contributed by atoms with Gasteiger partial charge in [-0.2, -0.15) is 0 Å². The molecule has 1 aliphatic heterocycles. The first-order valence-corrected chi connectivity index (χ1v) is 11.6. The van der Waals surface area contributed by atoms with E-state index < -0.39 is 10.0 Å². The Labute approximate surface area is 156 Å². The Hall–Kier alpha value is -0.840. The van der Waals surface area contributed by atoms with Crippen molar-refractivity contribution in [3.8, 4) is 9.88 Å². The predicted molar refractivity (Wildman–Crippen MR) is 102 cm³/mol. The molecule has 1 saturated heterocycles. The molecule has 138 valence electrons. The van der Waals surface area contributed by atoms with Gasteiger partial charge in [0, 0.05) is 25.0 Å². The van der Waals surface area contributed by atoms with E-state index in [9.17, 15) is 8.42 Å². The first kappa shape index (κ1) is 18.9. The molecule has 0 saturated carbocycles. The van der Waals surface area contributed by atoms with Crippen molar-refractivity contribution >= 4 is 32.7 Å². The van der Waals surface area contributed by atoms with Gasteiger partial charge in [-0.1, -0.05) is 6.92 Å². The van der Waals surface area contributed by atoms with Crippen LogP contribution in [0.15, 0.2) is 21.7 Å². The van der Waals surface area contributed by atoms with Crippen molar-refractivity contribution in [2.24, 2.45) is 0 Å². The Morgan fingerprint density at radius 3 is 2.84 bits per heavy atom. The average molecular weight is 402 g/mol. The van der Waals surface area contributed by atoms with Gasteiger partial charge in [-0.15, -0.1) is 22.7 Å². The lowest BCUT2D eigenvalue weighted by atomic mass is 10.3. The first-order chi connectivity index (χ1) is 12.1. The first-order valence-electron chi connectivity index (χ1n) is 8.43. The summed E-state index contributed by atoms with van der Waals surface area (Å²) in [7, 11) is -3.45. The van der Waals surface area contributed by atoms with Gasteiger partial charge in [0.2, 0.25) is 10.0 Å². The fourth-order valence-electron chi connectivity index (χ4n) is 2.57. The van der Waals surface area contributed by atoms with Gasteiger partial charge >= 0.3 is 0 Å². The van der Waals surface area contributed by atoms with Gasteiger partial charge in [-0.05, 0) is 31.5 Å². The molecule has 25 heavy (non-hydrogen) atoms. The maximum Gasteiger partial charge on any atom is 0.250 e. The molecule has 3 heterocycles. The van der Waals surface area contributed by atoms with Gasteiger partial charge in [0.1, 0.15) is 9.22 Å². The van der Waals surface area contributed by atoms with Crippen molar-refractivity contribution in [2.45, 2.75) is 24.0 Å². The van der Waals surface area contributed by atoms with E-state index in [1.54, 1.807) is 17.4 Å². The largest absolute Gasteiger partial charge is 0.379 e. The Morgan fingerprint density at radius 2 is 2.12 bits per heavy atom. The number of aryl methyl sites for hydroxylation is 1. The maximum atomic E-state index is 12.4. The highest BCUT2D eigenvalue weighted by Gasteiger charge is 2.18. The van der Waals surface area contributed by atoms with Crippen LogP contribution in [0.5, 0.6) is 0 Å². The van der Waals surface area contributed by atoms with E-state index >= 15 is 0 Å². The Kier molecular flexibility index (Phi) is 6.59. The number of hydrogen-bond donors (Lipinski definition) is 1. The van der Waals surface area contributed by atoms with Crippen LogP contribution in [0.25, 0.3) is 9.88 Å². The predicted octanol–water partition coefficient (Wildman–Crippen LogP) is 2.43. The zero-order valence-corrected chi connectivity index (χ0v) is 16.7. The molecular formula is C16H23N3O3S3. The van der Waals surface area contributed by atoms with E-state index in [0.29, 0.717) is 10.8 Å². The number of nitrogens with zero attached hydrogens (tertiary/aromatic N) is 2. The third kappa shape index (κ3) is 5.08. The summed E-state index contributed by atoms with van der Waals surface area (Å²) in [5.41, 5.74) is 1.04. The maximum absolute atomic E-state index is 12.4. The number of morpholine rings is 1. The Bertz CT molecular complexity index is 779. The molecule has 0 amide bonds. The molecule has 0 aromatic carbocycles. The second-order valence-electron chi connectivity index (χ2n) is 5.82. The van der Waals surface area contributed by atoms with Crippen LogP contribution in [0.4, 0.5) is 0 Å². The summed E-state index contributed by atoms with van der Waals surface area (Å²) >= 11 is 2.83. The number of aromatic nitrogens is 1. The number of ether oxygens (including phenoxy) is 1. The van der Waals surface area contributed by atoms with Crippen molar-refractivity contribution in [1.29, 1.82) is 0 Å². The minimum absolute atomic E-state index is 0.349. The summed E-state index contributed by atoms with van der Waals surface area (Å²) in [5, 5.41) is 2.91. The standard InChI is InChI=1S/C16H23N3O3S3/c1-2-13-12-23-16(18-13)14-4-5-15(24-14)25(20,21)17-6-3-7-19-8-10-22-11-9-19/h4-5,12,17H,2-3,6-11H2,1H3. The van der Waals surface area contributed by atoms with E-state index in [0.717, 1.165) is 61.3 Å². The molecule has 1 fully saturated rings. The average Bonchev–Trinajstić information content (AvgIpc) is 3.28. The molecule has 2 aromatic heterocycles. The highest BCUT2D eigenvalue weighted by atomic mass is 32.2. The molecular weight excluding hydrogens is 378 g/mol. The van der Waals surface area contributed by atoms with E-state index in [-0.39, 0.29) is 0 Å². The molecule has 9 heteroatoms. The van der Waals surface area contributed by atoms with Crippen LogP contribution in [0.3, 0.4) is 0 Å². The fraction of sp³-hybridized carbons (Fsp3) is 0.562. The van der Waals surface area contributed by atoms with Gasteiger partial charge < -0.3 is 4.74 Å². The zero-order chi connectivity index (χ0) is 17.7. The van der Waals surface area contributed by atoms with Gasteiger partial charge in [0.15, 0.2) is 0 Å². The van der Waals surface area contributed by atoms with Crippen LogP contribution in [-0.2, 0) is 21.2 Å². The highest BCUT2D eigenvalue weighted by molar-refractivity contribution is 7.91. The number of sulfonamides is 1. The van der Waals surface area contributed by atoms with Gasteiger partial charge in [-0.25, -0.2) is 18.1 Å². The summed E-state index contributed by atoms with van der Waals surface area (Å²) in [6.45, 7) is 6.78. The highest BCUT2D eigenvalue weighted by Crippen LogP contribution is 2.32. The molecule has 0 atom stereocenters. The molecule has 6 nitrogen and oxygen atoms in total. The van der Waals surface area contributed by atoms with Crippen LogP contribution in [0.1, 0.15) is 19.0 Å². The molecule has 0 bridgehead atoms. The van der Waals surface area contributed by atoms with Crippen LogP contribution in [0, 0.1) is 0 Å².